The van der Waals surface area contributed by atoms with Gasteiger partial charge >= 0.3 is 6.03 Å². The van der Waals surface area contributed by atoms with Gasteiger partial charge in [-0.3, -0.25) is 0 Å². The number of carbonyl (C=O) groups excluding carboxylic acids is 1. The summed E-state index contributed by atoms with van der Waals surface area (Å²) in [5, 5.41) is 3.90. The maximum atomic E-state index is 11.5. The molecule has 0 atom stereocenters. The van der Waals surface area contributed by atoms with Crippen LogP contribution in [-0.2, 0) is 6.54 Å². The molecule has 1 saturated heterocycles. The summed E-state index contributed by atoms with van der Waals surface area (Å²) >= 11 is 0. The second kappa shape index (κ2) is 4.88. The van der Waals surface area contributed by atoms with Crippen LogP contribution in [0, 0.1) is 0 Å². The van der Waals surface area contributed by atoms with E-state index in [1.54, 1.807) is 12.0 Å². The topological polar surface area (TPSA) is 43.6 Å². The van der Waals surface area contributed by atoms with Gasteiger partial charge in [-0.05, 0) is 24.1 Å². The van der Waals surface area contributed by atoms with Crippen molar-refractivity contribution in [2.45, 2.75) is 13.0 Å². The summed E-state index contributed by atoms with van der Waals surface area (Å²) in [4.78, 5) is 13.2. The molecule has 4 heteroatoms. The molecule has 0 saturated carbocycles. The van der Waals surface area contributed by atoms with Crippen LogP contribution in [0.3, 0.4) is 0 Å². The van der Waals surface area contributed by atoms with Gasteiger partial charge in [0.05, 0.1) is 7.11 Å². The van der Waals surface area contributed by atoms with Crippen LogP contribution in [0.5, 0.6) is 5.75 Å². The van der Waals surface area contributed by atoms with E-state index in [-0.39, 0.29) is 6.03 Å². The Bertz CT molecular complexity index is 362. The van der Waals surface area contributed by atoms with Gasteiger partial charge in [0.25, 0.3) is 0 Å². The number of ether oxygens (including phenoxy) is 1. The third-order valence-electron chi connectivity index (χ3n) is 2.64. The first-order valence-electron chi connectivity index (χ1n) is 5.39. The molecule has 0 bridgehead atoms. The number of nitrogens with zero attached hydrogens (tertiary/aromatic N) is 2. The fourth-order valence-corrected chi connectivity index (χ4v) is 1.73. The average Bonchev–Trinajstić information content (AvgIpc) is 2.33. The Morgan fingerprint density at radius 3 is 2.75 bits per heavy atom. The molecule has 0 spiro atoms. The second-order valence-corrected chi connectivity index (χ2v) is 3.79. The van der Waals surface area contributed by atoms with Crippen LogP contribution in [0.2, 0.25) is 0 Å². The summed E-state index contributed by atoms with van der Waals surface area (Å²) in [5.41, 5.74) is 1.10. The van der Waals surface area contributed by atoms with E-state index in [0.29, 0.717) is 13.1 Å². The average molecular weight is 219 g/mol. The molecule has 1 radical (unpaired) electrons. The Hall–Kier alpha value is -1.71. The monoisotopic (exact) mass is 219 g/mol. The Morgan fingerprint density at radius 2 is 2.12 bits per heavy atom. The molecule has 4 nitrogen and oxygen atoms in total. The Labute approximate surface area is 95.2 Å². The number of amides is 2. The minimum absolute atomic E-state index is 0.0953. The molecule has 2 amide bonds. The number of rotatable bonds is 3. The molecule has 1 aliphatic rings. The minimum atomic E-state index is -0.0953. The maximum Gasteiger partial charge on any atom is 0.339 e. The SMILES string of the molecule is COc1ccc(CN2CCC[N]C2=O)cc1. The Balaban J connectivity index is 1.99. The van der Waals surface area contributed by atoms with E-state index in [1.807, 2.05) is 24.3 Å². The first-order chi connectivity index (χ1) is 7.79. The summed E-state index contributed by atoms with van der Waals surface area (Å²) in [6.45, 7) is 2.10. The summed E-state index contributed by atoms with van der Waals surface area (Å²) < 4.78 is 5.08. The number of methoxy groups -OCH3 is 1. The number of hydrogen-bond donors (Lipinski definition) is 0. The first-order valence-corrected chi connectivity index (χ1v) is 5.39. The number of benzene rings is 1. The van der Waals surface area contributed by atoms with Gasteiger partial charge in [-0.15, -0.1) is 0 Å². The van der Waals surface area contributed by atoms with Crippen LogP contribution < -0.4 is 10.1 Å². The molecule has 0 unspecified atom stereocenters. The summed E-state index contributed by atoms with van der Waals surface area (Å²) in [5.74, 6) is 0.832. The van der Waals surface area contributed by atoms with Crippen LogP contribution >= 0.6 is 0 Å². The van der Waals surface area contributed by atoms with E-state index in [9.17, 15) is 4.79 Å². The third kappa shape index (κ3) is 2.45. The fraction of sp³-hybridized carbons (Fsp3) is 0.417. The molecule has 0 N–H and O–H groups in total. The van der Waals surface area contributed by atoms with Gasteiger partial charge in [-0.2, -0.15) is 0 Å². The highest BCUT2D eigenvalue weighted by molar-refractivity contribution is 5.74. The molecule has 0 aliphatic carbocycles. The predicted molar refractivity (Wildman–Crippen MR) is 60.4 cm³/mol. The number of urea groups is 1. The first kappa shape index (κ1) is 10.8. The van der Waals surface area contributed by atoms with E-state index in [4.69, 9.17) is 4.74 Å². The number of carbonyl (C=O) groups is 1. The van der Waals surface area contributed by atoms with Gasteiger partial charge in [0.2, 0.25) is 0 Å². The molecular weight excluding hydrogens is 204 g/mol. The van der Waals surface area contributed by atoms with Gasteiger partial charge in [0, 0.05) is 19.6 Å². The van der Waals surface area contributed by atoms with Crippen molar-refractivity contribution in [1.29, 1.82) is 0 Å². The molecule has 1 heterocycles. The van der Waals surface area contributed by atoms with Crippen molar-refractivity contribution in [3.8, 4) is 5.75 Å². The highest BCUT2D eigenvalue weighted by Crippen LogP contribution is 2.14. The van der Waals surface area contributed by atoms with Crippen molar-refractivity contribution in [1.82, 2.24) is 10.2 Å². The molecule has 0 aromatic heterocycles. The maximum absolute atomic E-state index is 11.5. The standard InChI is InChI=1S/C12H15N2O2/c1-16-11-5-3-10(4-6-11)9-14-8-2-7-13-12(14)15/h3-6H,2,7-9H2,1H3. The quantitative estimate of drug-likeness (QED) is 0.775. The van der Waals surface area contributed by atoms with Gasteiger partial charge in [0.15, 0.2) is 0 Å². The zero-order chi connectivity index (χ0) is 11.4. The van der Waals surface area contributed by atoms with E-state index >= 15 is 0 Å². The van der Waals surface area contributed by atoms with E-state index in [2.05, 4.69) is 5.32 Å². The van der Waals surface area contributed by atoms with E-state index in [0.717, 1.165) is 24.3 Å². The Kier molecular flexibility index (Phi) is 3.29. The van der Waals surface area contributed by atoms with Crippen molar-refractivity contribution in [2.24, 2.45) is 0 Å². The van der Waals surface area contributed by atoms with Crippen molar-refractivity contribution < 1.29 is 9.53 Å². The Morgan fingerprint density at radius 1 is 1.38 bits per heavy atom. The minimum Gasteiger partial charge on any atom is -0.497 e. The highest BCUT2D eigenvalue weighted by atomic mass is 16.5. The highest BCUT2D eigenvalue weighted by Gasteiger charge is 2.18. The van der Waals surface area contributed by atoms with Crippen LogP contribution in [0.4, 0.5) is 4.79 Å². The smallest absolute Gasteiger partial charge is 0.339 e. The third-order valence-corrected chi connectivity index (χ3v) is 2.64. The van der Waals surface area contributed by atoms with Crippen LogP contribution in [0.15, 0.2) is 24.3 Å². The van der Waals surface area contributed by atoms with E-state index < -0.39 is 0 Å². The van der Waals surface area contributed by atoms with Crippen LogP contribution in [0.25, 0.3) is 0 Å². The molecule has 1 aromatic carbocycles. The van der Waals surface area contributed by atoms with Gasteiger partial charge < -0.3 is 9.64 Å². The molecular formula is C12H15N2O2. The molecule has 2 rings (SSSR count). The molecule has 1 aliphatic heterocycles. The van der Waals surface area contributed by atoms with Crippen LogP contribution in [0.1, 0.15) is 12.0 Å². The predicted octanol–water partition coefficient (Wildman–Crippen LogP) is 1.63. The fourth-order valence-electron chi connectivity index (χ4n) is 1.73. The summed E-state index contributed by atoms with van der Waals surface area (Å²) in [6.07, 6.45) is 0.960. The largest absolute Gasteiger partial charge is 0.497 e. The van der Waals surface area contributed by atoms with Gasteiger partial charge in [0.1, 0.15) is 5.75 Å². The lowest BCUT2D eigenvalue weighted by molar-refractivity contribution is 0.182. The normalized spacial score (nSPS) is 15.8. The number of hydrogen-bond acceptors (Lipinski definition) is 2. The summed E-state index contributed by atoms with van der Waals surface area (Å²) in [7, 11) is 1.64. The van der Waals surface area contributed by atoms with Gasteiger partial charge in [-0.25, -0.2) is 10.1 Å². The second-order valence-electron chi connectivity index (χ2n) is 3.79. The lowest BCUT2D eigenvalue weighted by atomic mass is 10.2. The van der Waals surface area contributed by atoms with Crippen molar-refractivity contribution >= 4 is 6.03 Å². The lowest BCUT2D eigenvalue weighted by Crippen LogP contribution is -2.41. The summed E-state index contributed by atoms with van der Waals surface area (Å²) in [6, 6.07) is 7.66. The van der Waals surface area contributed by atoms with Crippen molar-refractivity contribution in [3.63, 3.8) is 0 Å². The lowest BCUT2D eigenvalue weighted by Gasteiger charge is -2.25. The zero-order valence-electron chi connectivity index (χ0n) is 9.35. The van der Waals surface area contributed by atoms with Gasteiger partial charge in [-0.1, -0.05) is 12.1 Å². The molecule has 1 fully saturated rings. The van der Waals surface area contributed by atoms with Crippen LogP contribution in [-0.4, -0.2) is 31.1 Å². The zero-order valence-corrected chi connectivity index (χ0v) is 9.35. The van der Waals surface area contributed by atoms with E-state index in [1.165, 1.54) is 0 Å². The molecule has 1 aromatic rings. The molecule has 16 heavy (non-hydrogen) atoms. The van der Waals surface area contributed by atoms with Crippen molar-refractivity contribution in [3.05, 3.63) is 29.8 Å². The molecule has 85 valence electrons. The van der Waals surface area contributed by atoms with Crippen molar-refractivity contribution in [2.75, 3.05) is 20.2 Å².